The Morgan fingerprint density at radius 2 is 1.16 bits per heavy atom. The molecular formula is C21H36O3S. The maximum atomic E-state index is 11.4. The molecule has 1 aromatic rings. The molecule has 0 fully saturated rings. The second kappa shape index (κ2) is 13.2. The van der Waals surface area contributed by atoms with Gasteiger partial charge in [-0.25, -0.2) is 8.42 Å². The molecule has 0 N–H and O–H groups in total. The molecule has 0 saturated heterocycles. The molecule has 144 valence electrons. The second-order valence-electron chi connectivity index (χ2n) is 6.98. The third kappa shape index (κ3) is 11.2. The summed E-state index contributed by atoms with van der Waals surface area (Å²) in [5, 5.41) is 0. The summed E-state index contributed by atoms with van der Waals surface area (Å²) in [6.07, 6.45) is 17.2. The lowest BCUT2D eigenvalue weighted by molar-refractivity contribution is 0.304. The molecule has 0 spiro atoms. The molecule has 0 aromatic heterocycles. The minimum atomic E-state index is -3.12. The van der Waals surface area contributed by atoms with E-state index in [0.29, 0.717) is 11.5 Å². The van der Waals surface area contributed by atoms with Crippen molar-refractivity contribution in [1.82, 2.24) is 0 Å². The zero-order valence-corrected chi connectivity index (χ0v) is 17.0. The minimum Gasteiger partial charge on any atom is -0.494 e. The van der Waals surface area contributed by atoms with E-state index < -0.39 is 9.84 Å². The SMILES string of the molecule is CCCCCCCCCCCCCCOc1ccc(S(C)(=O)=O)cc1. The summed E-state index contributed by atoms with van der Waals surface area (Å²) in [5.74, 6) is 0.746. The molecule has 1 aromatic carbocycles. The predicted molar refractivity (Wildman–Crippen MR) is 106 cm³/mol. The lowest BCUT2D eigenvalue weighted by Gasteiger charge is -2.07. The van der Waals surface area contributed by atoms with Crippen molar-refractivity contribution in [2.75, 3.05) is 12.9 Å². The van der Waals surface area contributed by atoms with Gasteiger partial charge in [-0.05, 0) is 30.7 Å². The van der Waals surface area contributed by atoms with Crippen LogP contribution in [0.15, 0.2) is 29.2 Å². The molecule has 0 heterocycles. The van der Waals surface area contributed by atoms with Gasteiger partial charge < -0.3 is 4.74 Å². The van der Waals surface area contributed by atoms with E-state index in [9.17, 15) is 8.42 Å². The zero-order chi connectivity index (χ0) is 18.4. The number of hydrogen-bond acceptors (Lipinski definition) is 3. The van der Waals surface area contributed by atoms with Gasteiger partial charge in [-0.3, -0.25) is 0 Å². The van der Waals surface area contributed by atoms with Gasteiger partial charge in [0.25, 0.3) is 0 Å². The van der Waals surface area contributed by atoms with Crippen LogP contribution >= 0.6 is 0 Å². The van der Waals surface area contributed by atoms with E-state index in [1.807, 2.05) is 0 Å². The Hall–Kier alpha value is -1.03. The molecule has 0 saturated carbocycles. The Labute approximate surface area is 155 Å². The van der Waals surface area contributed by atoms with E-state index in [1.165, 1.54) is 76.9 Å². The van der Waals surface area contributed by atoms with Crippen molar-refractivity contribution >= 4 is 9.84 Å². The fraction of sp³-hybridized carbons (Fsp3) is 0.714. The molecular weight excluding hydrogens is 332 g/mol. The molecule has 0 aliphatic carbocycles. The Balaban J connectivity index is 1.93. The average molecular weight is 369 g/mol. The first kappa shape index (κ1) is 22.0. The quantitative estimate of drug-likeness (QED) is 0.348. The summed E-state index contributed by atoms with van der Waals surface area (Å²) in [6, 6.07) is 6.67. The molecule has 0 atom stereocenters. The largest absolute Gasteiger partial charge is 0.494 e. The van der Waals surface area contributed by atoms with Crippen LogP contribution in [-0.4, -0.2) is 21.3 Å². The van der Waals surface area contributed by atoms with Gasteiger partial charge in [0.1, 0.15) is 5.75 Å². The Morgan fingerprint density at radius 1 is 0.720 bits per heavy atom. The van der Waals surface area contributed by atoms with E-state index in [4.69, 9.17) is 4.74 Å². The minimum absolute atomic E-state index is 0.338. The summed E-state index contributed by atoms with van der Waals surface area (Å²) in [4.78, 5) is 0.338. The number of ether oxygens (including phenoxy) is 1. The maximum absolute atomic E-state index is 11.4. The summed E-state index contributed by atoms with van der Waals surface area (Å²) < 4.78 is 28.4. The van der Waals surface area contributed by atoms with Crippen molar-refractivity contribution in [3.8, 4) is 5.75 Å². The normalized spacial score (nSPS) is 11.6. The molecule has 0 aliphatic rings. The number of benzene rings is 1. The summed E-state index contributed by atoms with van der Waals surface area (Å²) in [7, 11) is -3.12. The molecule has 0 aliphatic heterocycles. The van der Waals surface area contributed by atoms with Gasteiger partial charge >= 0.3 is 0 Å². The smallest absolute Gasteiger partial charge is 0.175 e. The molecule has 0 amide bonds. The Kier molecular flexibility index (Phi) is 11.6. The van der Waals surface area contributed by atoms with Gasteiger partial charge in [-0.1, -0.05) is 77.6 Å². The van der Waals surface area contributed by atoms with Crippen molar-refractivity contribution in [1.29, 1.82) is 0 Å². The number of rotatable bonds is 15. The first-order valence-corrected chi connectivity index (χ1v) is 11.9. The van der Waals surface area contributed by atoms with E-state index in [0.717, 1.165) is 12.2 Å². The van der Waals surface area contributed by atoms with Crippen LogP contribution in [0.25, 0.3) is 0 Å². The standard InChI is InChI=1S/C21H36O3S/c1-3-4-5-6-7-8-9-10-11-12-13-14-19-24-20-15-17-21(18-16-20)25(2,22)23/h15-18H,3-14,19H2,1-2H3. The lowest BCUT2D eigenvalue weighted by Crippen LogP contribution is -1.99. The zero-order valence-electron chi connectivity index (χ0n) is 16.1. The number of unbranched alkanes of at least 4 members (excludes halogenated alkanes) is 11. The number of hydrogen-bond donors (Lipinski definition) is 0. The second-order valence-corrected chi connectivity index (χ2v) is 9.00. The fourth-order valence-corrected chi connectivity index (χ4v) is 3.55. The van der Waals surface area contributed by atoms with Crippen molar-refractivity contribution in [2.24, 2.45) is 0 Å². The van der Waals surface area contributed by atoms with Crippen LogP contribution in [0.2, 0.25) is 0 Å². The van der Waals surface area contributed by atoms with Gasteiger partial charge in [0.15, 0.2) is 9.84 Å². The van der Waals surface area contributed by atoms with E-state index >= 15 is 0 Å². The average Bonchev–Trinajstić information content (AvgIpc) is 2.58. The summed E-state index contributed by atoms with van der Waals surface area (Å²) in [5.41, 5.74) is 0. The highest BCUT2D eigenvalue weighted by atomic mass is 32.2. The van der Waals surface area contributed by atoms with Crippen LogP contribution < -0.4 is 4.74 Å². The molecule has 0 unspecified atom stereocenters. The van der Waals surface area contributed by atoms with Crippen LogP contribution in [0.4, 0.5) is 0 Å². The number of sulfone groups is 1. The van der Waals surface area contributed by atoms with E-state index in [-0.39, 0.29) is 0 Å². The van der Waals surface area contributed by atoms with Crippen molar-refractivity contribution in [3.05, 3.63) is 24.3 Å². The van der Waals surface area contributed by atoms with Crippen molar-refractivity contribution < 1.29 is 13.2 Å². The third-order valence-electron chi connectivity index (χ3n) is 4.52. The summed E-state index contributed by atoms with van der Waals surface area (Å²) >= 11 is 0. The van der Waals surface area contributed by atoms with E-state index in [1.54, 1.807) is 24.3 Å². The van der Waals surface area contributed by atoms with Crippen LogP contribution in [0.3, 0.4) is 0 Å². The van der Waals surface area contributed by atoms with Crippen molar-refractivity contribution in [2.45, 2.75) is 88.9 Å². The van der Waals surface area contributed by atoms with Gasteiger partial charge in [0.2, 0.25) is 0 Å². The van der Waals surface area contributed by atoms with Gasteiger partial charge in [-0.2, -0.15) is 0 Å². The van der Waals surface area contributed by atoms with Gasteiger partial charge in [0.05, 0.1) is 11.5 Å². The van der Waals surface area contributed by atoms with Crippen LogP contribution in [0.1, 0.15) is 84.0 Å². The highest BCUT2D eigenvalue weighted by Crippen LogP contribution is 2.16. The monoisotopic (exact) mass is 368 g/mol. The predicted octanol–water partition coefficient (Wildman–Crippen LogP) is 6.17. The molecule has 4 heteroatoms. The molecule has 0 radical (unpaired) electrons. The molecule has 3 nitrogen and oxygen atoms in total. The van der Waals surface area contributed by atoms with Crippen LogP contribution in [0.5, 0.6) is 5.75 Å². The maximum Gasteiger partial charge on any atom is 0.175 e. The lowest BCUT2D eigenvalue weighted by atomic mass is 10.1. The van der Waals surface area contributed by atoms with E-state index in [2.05, 4.69) is 6.92 Å². The molecule has 1 rings (SSSR count). The Bertz CT molecular complexity index is 535. The molecule has 25 heavy (non-hydrogen) atoms. The Morgan fingerprint density at radius 3 is 1.60 bits per heavy atom. The topological polar surface area (TPSA) is 43.4 Å². The first-order valence-electron chi connectivity index (χ1n) is 9.97. The highest BCUT2D eigenvalue weighted by Gasteiger charge is 2.06. The summed E-state index contributed by atoms with van der Waals surface area (Å²) in [6.45, 7) is 2.97. The van der Waals surface area contributed by atoms with Crippen molar-refractivity contribution in [3.63, 3.8) is 0 Å². The van der Waals surface area contributed by atoms with Crippen LogP contribution in [-0.2, 0) is 9.84 Å². The third-order valence-corrected chi connectivity index (χ3v) is 5.65. The fourth-order valence-electron chi connectivity index (χ4n) is 2.92. The molecule has 0 bridgehead atoms. The van der Waals surface area contributed by atoms with Crippen LogP contribution in [0, 0.1) is 0 Å². The highest BCUT2D eigenvalue weighted by molar-refractivity contribution is 7.90. The first-order chi connectivity index (χ1) is 12.0. The van der Waals surface area contributed by atoms with Gasteiger partial charge in [0, 0.05) is 6.26 Å². The van der Waals surface area contributed by atoms with Gasteiger partial charge in [-0.15, -0.1) is 0 Å².